The van der Waals surface area contributed by atoms with Gasteiger partial charge >= 0.3 is 0 Å². The maximum absolute atomic E-state index is 13.5. The molecule has 1 fully saturated rings. The van der Waals surface area contributed by atoms with E-state index < -0.39 is 30.1 Å². The second-order valence-electron chi connectivity index (χ2n) is 12.7. The molecule has 1 aliphatic heterocycles. The highest BCUT2D eigenvalue weighted by Crippen LogP contribution is 2.24. The molecule has 264 valence electrons. The molecule has 0 spiro atoms. The van der Waals surface area contributed by atoms with Crippen LogP contribution >= 0.6 is 0 Å². The Kier molecular flexibility index (Phi) is 14.3. The van der Waals surface area contributed by atoms with Crippen LogP contribution in [0.25, 0.3) is 0 Å². The number of nitrogens with zero attached hydrogens (tertiary/aromatic N) is 3. The summed E-state index contributed by atoms with van der Waals surface area (Å²) in [5, 5.41) is 37.4. The van der Waals surface area contributed by atoms with E-state index in [4.69, 9.17) is 9.47 Å². The molecule has 12 nitrogen and oxygen atoms in total. The van der Waals surface area contributed by atoms with Crippen molar-refractivity contribution in [2.45, 2.75) is 52.6 Å². The van der Waals surface area contributed by atoms with Crippen LogP contribution in [0.15, 0.2) is 65.8 Å². The summed E-state index contributed by atoms with van der Waals surface area (Å²) in [5.41, 5.74) is 7.20. The number of hydrazone groups is 1. The summed E-state index contributed by atoms with van der Waals surface area (Å²) in [6.07, 6.45) is -0.364. The molecule has 5 N–H and O–H groups in total. The molecule has 1 heterocycles. The molecule has 49 heavy (non-hydrogen) atoms. The lowest BCUT2D eigenvalue weighted by molar-refractivity contribution is 0.00465. The Hall–Kier alpha value is -4.17. The summed E-state index contributed by atoms with van der Waals surface area (Å²) in [7, 11) is 0. The van der Waals surface area contributed by atoms with Gasteiger partial charge in [-0.3, -0.25) is 19.4 Å². The lowest BCUT2D eigenvalue weighted by Gasteiger charge is -2.28. The highest BCUT2D eigenvalue weighted by molar-refractivity contribution is 6.09. The third kappa shape index (κ3) is 12.3. The molecule has 1 saturated heterocycles. The van der Waals surface area contributed by atoms with E-state index in [1.165, 1.54) is 6.07 Å². The predicted molar refractivity (Wildman–Crippen MR) is 189 cm³/mol. The number of hydrogen-bond donors (Lipinski definition) is 5. The van der Waals surface area contributed by atoms with Crippen LogP contribution in [-0.2, 0) is 11.3 Å². The number of nitrogens with one attached hydrogen (secondary N) is 2. The number of hydrogen-bond acceptors (Lipinski definition) is 10. The van der Waals surface area contributed by atoms with E-state index in [1.807, 2.05) is 43.0 Å². The van der Waals surface area contributed by atoms with Crippen LogP contribution in [0.2, 0.25) is 0 Å². The number of anilines is 1. The van der Waals surface area contributed by atoms with E-state index in [-0.39, 0.29) is 17.9 Å². The minimum absolute atomic E-state index is 0.0168. The number of carbonyl (C=O) groups is 2. The lowest BCUT2D eigenvalue weighted by Crippen LogP contribution is -2.42. The molecule has 3 unspecified atom stereocenters. The molecule has 3 aromatic rings. The molecule has 0 radical (unpaired) electrons. The fourth-order valence-corrected chi connectivity index (χ4v) is 5.52. The van der Waals surface area contributed by atoms with Gasteiger partial charge in [-0.2, -0.15) is 5.10 Å². The first kappa shape index (κ1) is 37.6. The van der Waals surface area contributed by atoms with Gasteiger partial charge < -0.3 is 30.1 Å². The topological polar surface area (TPSA) is 156 Å². The van der Waals surface area contributed by atoms with Gasteiger partial charge in [0.2, 0.25) is 0 Å². The molecular weight excluding hydrogens is 626 g/mol. The number of ether oxygens (including phenoxy) is 2. The fraction of sp³-hybridized carbons (Fsp3) is 0.432. The van der Waals surface area contributed by atoms with E-state index in [2.05, 4.69) is 20.7 Å². The van der Waals surface area contributed by atoms with E-state index in [0.717, 1.165) is 35.3 Å². The molecule has 3 atom stereocenters. The third-order valence-electron chi connectivity index (χ3n) is 8.05. The maximum Gasteiger partial charge on any atom is 0.273 e. The van der Waals surface area contributed by atoms with Gasteiger partial charge in [-0.15, -0.1) is 0 Å². The SMILES string of the molecule is Cc1ccc(/C=N/NC(=O)c2cc(OCC(O)CN3CCOCC3)ccc2NC(=O)c2cccc(CN(CC(C)O)CC(C)O)c2)cc1C. The quantitative estimate of drug-likeness (QED) is 0.114. The van der Waals surface area contributed by atoms with Gasteiger partial charge in [0.05, 0.1) is 42.9 Å². The second-order valence-corrected chi connectivity index (χ2v) is 12.7. The fourth-order valence-electron chi connectivity index (χ4n) is 5.52. The summed E-state index contributed by atoms with van der Waals surface area (Å²) in [5.74, 6) is -0.641. The van der Waals surface area contributed by atoms with Crippen LogP contribution in [0, 0.1) is 13.8 Å². The third-order valence-corrected chi connectivity index (χ3v) is 8.05. The van der Waals surface area contributed by atoms with Crippen molar-refractivity contribution in [2.24, 2.45) is 5.10 Å². The van der Waals surface area contributed by atoms with Crippen molar-refractivity contribution in [2.75, 3.05) is 57.9 Å². The van der Waals surface area contributed by atoms with Crippen molar-refractivity contribution in [1.29, 1.82) is 0 Å². The van der Waals surface area contributed by atoms with Crippen LogP contribution in [-0.4, -0.2) is 114 Å². The Morgan fingerprint density at radius 3 is 2.39 bits per heavy atom. The normalized spacial score (nSPS) is 15.6. The van der Waals surface area contributed by atoms with Crippen molar-refractivity contribution in [3.8, 4) is 5.75 Å². The number of β-amino-alcohol motifs (C(OH)–C–C–N with tert-alkyl or cyclic N) is 1. The molecule has 2 amide bonds. The molecule has 0 aromatic heterocycles. The maximum atomic E-state index is 13.5. The number of carbonyl (C=O) groups excluding carboxylic acids is 2. The van der Waals surface area contributed by atoms with Crippen molar-refractivity contribution in [3.63, 3.8) is 0 Å². The van der Waals surface area contributed by atoms with E-state index >= 15 is 0 Å². The molecule has 4 rings (SSSR count). The Bertz CT molecular complexity index is 1560. The minimum Gasteiger partial charge on any atom is -0.491 e. The molecule has 0 saturated carbocycles. The summed E-state index contributed by atoms with van der Waals surface area (Å²) in [6, 6.07) is 17.6. The standard InChI is InChI=1S/C37H49N5O7/c1-25-8-9-29(16-26(25)2)19-38-40-37(47)34-18-33(49-24-32(45)23-41-12-14-48-15-13-41)10-11-35(34)39-36(46)31-7-5-6-30(17-31)22-42(20-27(3)43)21-28(4)44/h5-11,16-19,27-28,32,43-45H,12-15,20-24H2,1-4H3,(H,39,46)(H,40,47)/b38-19+. The lowest BCUT2D eigenvalue weighted by atomic mass is 10.1. The Balaban J connectivity index is 1.50. The van der Waals surface area contributed by atoms with Gasteiger partial charge in [-0.05, 0) is 80.3 Å². The number of aryl methyl sites for hydroxylation is 2. The van der Waals surface area contributed by atoms with E-state index in [0.29, 0.717) is 50.7 Å². The molecule has 12 heteroatoms. The predicted octanol–water partition coefficient (Wildman–Crippen LogP) is 2.96. The number of morpholine rings is 1. The number of amides is 2. The van der Waals surface area contributed by atoms with Gasteiger partial charge in [0.25, 0.3) is 11.8 Å². The van der Waals surface area contributed by atoms with Gasteiger partial charge in [-0.25, -0.2) is 5.43 Å². The molecule has 0 bridgehead atoms. The van der Waals surface area contributed by atoms with Gasteiger partial charge in [0.15, 0.2) is 0 Å². The summed E-state index contributed by atoms with van der Waals surface area (Å²) in [4.78, 5) is 31.0. The number of benzene rings is 3. The zero-order chi connectivity index (χ0) is 35.3. The van der Waals surface area contributed by atoms with Crippen LogP contribution in [0.5, 0.6) is 5.75 Å². The monoisotopic (exact) mass is 675 g/mol. The number of aliphatic hydroxyl groups excluding tert-OH is 3. The average Bonchev–Trinajstić information content (AvgIpc) is 3.05. The van der Waals surface area contributed by atoms with Crippen LogP contribution in [0.4, 0.5) is 5.69 Å². The second kappa shape index (κ2) is 18.6. The van der Waals surface area contributed by atoms with Crippen LogP contribution in [0.1, 0.15) is 56.8 Å². The summed E-state index contributed by atoms with van der Waals surface area (Å²) >= 11 is 0. The van der Waals surface area contributed by atoms with E-state index in [1.54, 1.807) is 50.4 Å². The zero-order valence-corrected chi connectivity index (χ0v) is 28.8. The highest BCUT2D eigenvalue weighted by Gasteiger charge is 2.19. The van der Waals surface area contributed by atoms with Crippen LogP contribution < -0.4 is 15.5 Å². The molecular formula is C37H49N5O7. The van der Waals surface area contributed by atoms with Gasteiger partial charge in [0, 0.05) is 44.8 Å². The number of aliphatic hydroxyl groups is 3. The smallest absolute Gasteiger partial charge is 0.273 e. The van der Waals surface area contributed by atoms with Crippen LogP contribution in [0.3, 0.4) is 0 Å². The van der Waals surface area contributed by atoms with E-state index in [9.17, 15) is 24.9 Å². The molecule has 0 aliphatic carbocycles. The van der Waals surface area contributed by atoms with Gasteiger partial charge in [-0.1, -0.05) is 30.3 Å². The Morgan fingerprint density at radius 1 is 0.959 bits per heavy atom. The first-order valence-corrected chi connectivity index (χ1v) is 16.6. The van der Waals surface area contributed by atoms with Gasteiger partial charge in [0.1, 0.15) is 18.5 Å². The largest absolute Gasteiger partial charge is 0.491 e. The highest BCUT2D eigenvalue weighted by atomic mass is 16.5. The van der Waals surface area contributed by atoms with Crippen molar-refractivity contribution in [1.82, 2.24) is 15.2 Å². The first-order valence-electron chi connectivity index (χ1n) is 16.6. The van der Waals surface area contributed by atoms with Crippen molar-refractivity contribution in [3.05, 3.63) is 94.0 Å². The number of rotatable bonds is 16. The molecule has 1 aliphatic rings. The minimum atomic E-state index is -0.748. The molecule has 3 aromatic carbocycles. The Morgan fingerprint density at radius 2 is 1.69 bits per heavy atom. The first-order chi connectivity index (χ1) is 23.5. The zero-order valence-electron chi connectivity index (χ0n) is 28.8. The Labute approximate surface area is 288 Å². The summed E-state index contributed by atoms with van der Waals surface area (Å²) in [6.45, 7) is 11.7. The van der Waals surface area contributed by atoms with Crippen molar-refractivity contribution >= 4 is 23.7 Å². The van der Waals surface area contributed by atoms with Crippen molar-refractivity contribution < 1.29 is 34.4 Å². The average molecular weight is 676 g/mol. The summed E-state index contributed by atoms with van der Waals surface area (Å²) < 4.78 is 11.2.